The maximum absolute atomic E-state index is 12.5. The molecule has 0 saturated heterocycles. The molecule has 0 bridgehead atoms. The second-order valence-corrected chi connectivity index (χ2v) is 3.88. The number of aliphatic hydroxyl groups is 1. The molecule has 1 N–H and O–H groups in total. The van der Waals surface area contributed by atoms with Gasteiger partial charge in [0.25, 0.3) is 0 Å². The third kappa shape index (κ3) is 2.18. The molecule has 1 aliphatic carbocycles. The van der Waals surface area contributed by atoms with Crippen LogP contribution in [0, 0.1) is 0 Å². The molecular weight excluding hydrogens is 219 g/mol. The Bertz CT molecular complexity index is 435. The number of rotatable bonds is 2. The van der Waals surface area contributed by atoms with Gasteiger partial charge in [-0.25, -0.2) is 4.98 Å². The summed E-state index contributed by atoms with van der Waals surface area (Å²) in [6.45, 7) is 3.23. The summed E-state index contributed by atoms with van der Waals surface area (Å²) >= 11 is 0. The number of aromatic nitrogens is 1. The molecule has 0 aromatic carbocycles. The summed E-state index contributed by atoms with van der Waals surface area (Å²) in [5.41, 5.74) is -0.494. The third-order valence-corrected chi connectivity index (χ3v) is 2.46. The van der Waals surface area contributed by atoms with Gasteiger partial charge in [-0.05, 0) is 25.0 Å². The molecule has 0 aliphatic heterocycles. The minimum absolute atomic E-state index is 0.0872. The summed E-state index contributed by atoms with van der Waals surface area (Å²) in [4.78, 5) is 3.57. The highest BCUT2D eigenvalue weighted by Crippen LogP contribution is 2.41. The number of hydrogen-bond acceptors (Lipinski definition) is 2. The van der Waals surface area contributed by atoms with Crippen molar-refractivity contribution in [1.29, 1.82) is 0 Å². The number of alkyl halides is 3. The summed E-state index contributed by atoms with van der Waals surface area (Å²) in [6, 6.07) is 2.28. The third-order valence-electron chi connectivity index (χ3n) is 2.46. The van der Waals surface area contributed by atoms with Crippen LogP contribution in [0.4, 0.5) is 13.2 Å². The Hall–Kier alpha value is -1.52. The van der Waals surface area contributed by atoms with Gasteiger partial charge in [0, 0.05) is 17.2 Å². The van der Waals surface area contributed by atoms with Gasteiger partial charge in [-0.15, -0.1) is 0 Å². The minimum Gasteiger partial charge on any atom is -0.508 e. The minimum atomic E-state index is -4.49. The van der Waals surface area contributed by atoms with Gasteiger partial charge in [0.15, 0.2) is 0 Å². The zero-order valence-electron chi connectivity index (χ0n) is 8.38. The number of pyridine rings is 1. The number of nitrogens with zero attached hydrogens (tertiary/aromatic N) is 1. The molecule has 1 aromatic heterocycles. The van der Waals surface area contributed by atoms with E-state index in [1.54, 1.807) is 0 Å². The molecule has 0 unspecified atom stereocenters. The second kappa shape index (κ2) is 3.50. The topological polar surface area (TPSA) is 33.1 Å². The number of halogens is 3. The molecule has 2 nitrogen and oxygen atoms in total. The highest BCUT2D eigenvalue weighted by atomic mass is 19.4. The van der Waals surface area contributed by atoms with Crippen LogP contribution in [0.15, 0.2) is 18.7 Å². The fourth-order valence-corrected chi connectivity index (χ4v) is 1.45. The predicted octanol–water partition coefficient (Wildman–Crippen LogP) is 3.51. The van der Waals surface area contributed by atoms with Gasteiger partial charge in [-0.3, -0.25) is 0 Å². The van der Waals surface area contributed by atoms with Gasteiger partial charge in [0.1, 0.15) is 11.5 Å². The Morgan fingerprint density at radius 1 is 1.38 bits per heavy atom. The monoisotopic (exact) mass is 229 g/mol. The van der Waals surface area contributed by atoms with E-state index in [2.05, 4.69) is 11.6 Å². The van der Waals surface area contributed by atoms with Gasteiger partial charge < -0.3 is 5.11 Å². The SMILES string of the molecule is C=C(O)c1cc(C2CC2)nc(C(F)(F)F)c1. The fraction of sp³-hybridized carbons (Fsp3) is 0.364. The van der Waals surface area contributed by atoms with E-state index in [0.29, 0.717) is 5.69 Å². The average Bonchev–Trinajstić information content (AvgIpc) is 2.98. The van der Waals surface area contributed by atoms with Crippen LogP contribution in [-0.2, 0) is 6.18 Å². The lowest BCUT2D eigenvalue weighted by molar-refractivity contribution is -0.141. The Kier molecular flexibility index (Phi) is 2.40. The van der Waals surface area contributed by atoms with Crippen molar-refractivity contribution in [3.05, 3.63) is 35.7 Å². The number of aliphatic hydroxyl groups excluding tert-OH is 1. The highest BCUT2D eigenvalue weighted by Gasteiger charge is 2.35. The van der Waals surface area contributed by atoms with Crippen molar-refractivity contribution < 1.29 is 18.3 Å². The van der Waals surface area contributed by atoms with E-state index in [-0.39, 0.29) is 17.2 Å². The molecule has 0 atom stereocenters. The normalized spacial score (nSPS) is 16.2. The second-order valence-electron chi connectivity index (χ2n) is 3.88. The lowest BCUT2D eigenvalue weighted by Gasteiger charge is -2.10. The summed E-state index contributed by atoms with van der Waals surface area (Å²) in [5.74, 6) is -0.268. The van der Waals surface area contributed by atoms with Crippen molar-refractivity contribution in [1.82, 2.24) is 4.98 Å². The smallest absolute Gasteiger partial charge is 0.433 e. The van der Waals surface area contributed by atoms with E-state index in [0.717, 1.165) is 18.9 Å². The van der Waals surface area contributed by atoms with Gasteiger partial charge in [0.05, 0.1) is 0 Å². The molecule has 0 radical (unpaired) electrons. The van der Waals surface area contributed by atoms with Crippen molar-refractivity contribution in [2.24, 2.45) is 0 Å². The molecule has 86 valence electrons. The zero-order chi connectivity index (χ0) is 11.9. The largest absolute Gasteiger partial charge is 0.508 e. The maximum atomic E-state index is 12.5. The van der Waals surface area contributed by atoms with Crippen LogP contribution < -0.4 is 0 Å². The van der Waals surface area contributed by atoms with Crippen LogP contribution in [0.1, 0.15) is 35.7 Å². The van der Waals surface area contributed by atoms with E-state index in [1.807, 2.05) is 0 Å². The molecule has 1 heterocycles. The van der Waals surface area contributed by atoms with Crippen LogP contribution >= 0.6 is 0 Å². The van der Waals surface area contributed by atoms with Crippen LogP contribution in [0.25, 0.3) is 5.76 Å². The van der Waals surface area contributed by atoms with E-state index in [4.69, 9.17) is 5.11 Å². The Morgan fingerprint density at radius 3 is 2.44 bits per heavy atom. The maximum Gasteiger partial charge on any atom is 0.433 e. The Labute approximate surface area is 90.4 Å². The van der Waals surface area contributed by atoms with E-state index < -0.39 is 11.9 Å². The molecule has 1 saturated carbocycles. The first-order valence-corrected chi connectivity index (χ1v) is 4.85. The van der Waals surface area contributed by atoms with Crippen LogP contribution in [-0.4, -0.2) is 10.1 Å². The summed E-state index contributed by atoms with van der Waals surface area (Å²) in [5, 5.41) is 9.15. The first-order valence-electron chi connectivity index (χ1n) is 4.85. The summed E-state index contributed by atoms with van der Waals surface area (Å²) in [7, 11) is 0. The molecule has 16 heavy (non-hydrogen) atoms. The molecule has 2 rings (SSSR count). The van der Waals surface area contributed by atoms with Gasteiger partial charge in [-0.2, -0.15) is 13.2 Å². The first-order chi connectivity index (χ1) is 7.38. The standard InChI is InChI=1S/C11H10F3NO/c1-6(16)8-4-9(7-2-3-7)15-10(5-8)11(12,13)14/h4-5,7,16H,1-3H2. The molecule has 0 spiro atoms. The highest BCUT2D eigenvalue weighted by molar-refractivity contribution is 5.57. The lowest BCUT2D eigenvalue weighted by Crippen LogP contribution is -2.10. The molecule has 5 heteroatoms. The Morgan fingerprint density at radius 2 is 2.00 bits per heavy atom. The predicted molar refractivity (Wildman–Crippen MR) is 52.9 cm³/mol. The van der Waals surface area contributed by atoms with Crippen LogP contribution in [0.2, 0.25) is 0 Å². The quantitative estimate of drug-likeness (QED) is 0.787. The molecule has 1 aliphatic rings. The van der Waals surface area contributed by atoms with E-state index in [1.165, 1.54) is 6.07 Å². The number of hydrogen-bond donors (Lipinski definition) is 1. The van der Waals surface area contributed by atoms with Gasteiger partial charge in [0.2, 0.25) is 0 Å². The fourth-order valence-electron chi connectivity index (χ4n) is 1.45. The van der Waals surface area contributed by atoms with Crippen molar-refractivity contribution in [3.8, 4) is 0 Å². The van der Waals surface area contributed by atoms with E-state index in [9.17, 15) is 13.2 Å². The van der Waals surface area contributed by atoms with Crippen LogP contribution in [0.3, 0.4) is 0 Å². The molecule has 1 aromatic rings. The van der Waals surface area contributed by atoms with Crippen LogP contribution in [0.5, 0.6) is 0 Å². The van der Waals surface area contributed by atoms with Crippen molar-refractivity contribution in [2.45, 2.75) is 24.9 Å². The first kappa shape index (κ1) is 11.0. The van der Waals surface area contributed by atoms with Crippen molar-refractivity contribution >= 4 is 5.76 Å². The molecular formula is C11H10F3NO. The van der Waals surface area contributed by atoms with Crippen molar-refractivity contribution in [3.63, 3.8) is 0 Å². The summed E-state index contributed by atoms with van der Waals surface area (Å²) in [6.07, 6.45) is -2.79. The summed E-state index contributed by atoms with van der Waals surface area (Å²) < 4.78 is 37.6. The van der Waals surface area contributed by atoms with Gasteiger partial charge >= 0.3 is 6.18 Å². The Balaban J connectivity index is 2.48. The lowest BCUT2D eigenvalue weighted by atomic mass is 10.1. The van der Waals surface area contributed by atoms with Crippen molar-refractivity contribution in [2.75, 3.05) is 0 Å². The van der Waals surface area contributed by atoms with E-state index >= 15 is 0 Å². The average molecular weight is 229 g/mol. The molecule has 0 amide bonds. The molecule has 1 fully saturated rings. The van der Waals surface area contributed by atoms with Gasteiger partial charge in [-0.1, -0.05) is 6.58 Å². The zero-order valence-corrected chi connectivity index (χ0v) is 8.38.